The number of rotatable bonds is 4. The van der Waals surface area contributed by atoms with Crippen LogP contribution in [0.4, 0.5) is 0 Å². The molecule has 110 valence electrons. The molecule has 1 aliphatic rings. The molecular weight excluding hydrogens is 326 g/mol. The minimum absolute atomic E-state index is 0.364. The Bertz CT molecular complexity index is 596. The van der Waals surface area contributed by atoms with Gasteiger partial charge in [0.2, 0.25) is 0 Å². The van der Waals surface area contributed by atoms with Crippen LogP contribution in [0.5, 0.6) is 5.75 Å². The molecule has 21 heavy (non-hydrogen) atoms. The second-order valence-corrected chi connectivity index (χ2v) is 6.32. The molecule has 1 N–H and O–H groups in total. The summed E-state index contributed by atoms with van der Waals surface area (Å²) in [5.41, 5.74) is 2.61. The molecule has 2 atom stereocenters. The van der Waals surface area contributed by atoms with Crippen molar-refractivity contribution in [2.45, 2.75) is 31.8 Å². The van der Waals surface area contributed by atoms with Gasteiger partial charge < -0.3 is 10.1 Å². The van der Waals surface area contributed by atoms with Crippen LogP contribution in [0.1, 0.15) is 43.0 Å². The first kappa shape index (κ1) is 14.6. The zero-order chi connectivity index (χ0) is 14.7. The van der Waals surface area contributed by atoms with E-state index in [0.717, 1.165) is 29.7 Å². The maximum atomic E-state index is 5.74. The molecule has 0 saturated carbocycles. The van der Waals surface area contributed by atoms with Crippen molar-refractivity contribution in [3.8, 4) is 5.75 Å². The van der Waals surface area contributed by atoms with E-state index >= 15 is 0 Å². The van der Waals surface area contributed by atoms with Crippen LogP contribution in [-0.2, 0) is 0 Å². The van der Waals surface area contributed by atoms with E-state index in [2.05, 4.69) is 70.6 Å². The standard InChI is InChI=1S/C18H20BrNO/c1-2-16(13-7-9-14(19)10-8-13)20-17-11-12-21-18-6-4-3-5-15(17)18/h3-10,16-17,20H,2,11-12H2,1H3. The van der Waals surface area contributed by atoms with Gasteiger partial charge in [-0.3, -0.25) is 0 Å². The first-order valence-electron chi connectivity index (χ1n) is 7.51. The van der Waals surface area contributed by atoms with Gasteiger partial charge in [-0.1, -0.05) is 53.2 Å². The zero-order valence-corrected chi connectivity index (χ0v) is 13.8. The van der Waals surface area contributed by atoms with Gasteiger partial charge in [0.1, 0.15) is 5.75 Å². The summed E-state index contributed by atoms with van der Waals surface area (Å²) in [6.07, 6.45) is 2.09. The van der Waals surface area contributed by atoms with E-state index in [9.17, 15) is 0 Å². The second-order valence-electron chi connectivity index (χ2n) is 5.41. The maximum Gasteiger partial charge on any atom is 0.124 e. The first-order chi connectivity index (χ1) is 10.3. The van der Waals surface area contributed by atoms with Gasteiger partial charge >= 0.3 is 0 Å². The largest absolute Gasteiger partial charge is 0.493 e. The fraction of sp³-hybridized carbons (Fsp3) is 0.333. The molecule has 2 aromatic rings. The predicted octanol–water partition coefficient (Wildman–Crippen LogP) is 5.01. The van der Waals surface area contributed by atoms with Crippen LogP contribution in [0, 0.1) is 0 Å². The van der Waals surface area contributed by atoms with Gasteiger partial charge in [-0.2, -0.15) is 0 Å². The minimum atomic E-state index is 0.364. The quantitative estimate of drug-likeness (QED) is 0.840. The van der Waals surface area contributed by atoms with Crippen LogP contribution in [0.3, 0.4) is 0 Å². The van der Waals surface area contributed by atoms with Gasteiger partial charge in [0, 0.05) is 28.5 Å². The number of para-hydroxylation sites is 1. The number of benzene rings is 2. The van der Waals surface area contributed by atoms with Crippen molar-refractivity contribution >= 4 is 15.9 Å². The smallest absolute Gasteiger partial charge is 0.124 e. The number of fused-ring (bicyclic) bond motifs is 1. The highest BCUT2D eigenvalue weighted by Crippen LogP contribution is 2.34. The van der Waals surface area contributed by atoms with Crippen LogP contribution in [0.15, 0.2) is 53.0 Å². The molecule has 0 aliphatic carbocycles. The fourth-order valence-electron chi connectivity index (χ4n) is 2.90. The van der Waals surface area contributed by atoms with Crippen molar-refractivity contribution in [1.29, 1.82) is 0 Å². The van der Waals surface area contributed by atoms with Crippen molar-refractivity contribution < 1.29 is 4.74 Å². The van der Waals surface area contributed by atoms with Crippen LogP contribution < -0.4 is 10.1 Å². The molecule has 3 heteroatoms. The Labute approximate surface area is 134 Å². The summed E-state index contributed by atoms with van der Waals surface area (Å²) in [6, 6.07) is 17.7. The molecule has 1 heterocycles. The third-order valence-corrected chi connectivity index (χ3v) is 4.57. The molecule has 0 aromatic heterocycles. The van der Waals surface area contributed by atoms with E-state index in [-0.39, 0.29) is 0 Å². The van der Waals surface area contributed by atoms with Crippen molar-refractivity contribution in [2.75, 3.05) is 6.61 Å². The lowest BCUT2D eigenvalue weighted by Crippen LogP contribution is -2.30. The first-order valence-corrected chi connectivity index (χ1v) is 8.30. The number of halogens is 1. The van der Waals surface area contributed by atoms with Gasteiger partial charge in [0.15, 0.2) is 0 Å². The third-order valence-electron chi connectivity index (χ3n) is 4.04. The Morgan fingerprint density at radius 2 is 1.95 bits per heavy atom. The van der Waals surface area contributed by atoms with Crippen LogP contribution in [0.2, 0.25) is 0 Å². The highest BCUT2D eigenvalue weighted by molar-refractivity contribution is 9.10. The summed E-state index contributed by atoms with van der Waals surface area (Å²) in [7, 11) is 0. The summed E-state index contributed by atoms with van der Waals surface area (Å²) in [5.74, 6) is 1.02. The highest BCUT2D eigenvalue weighted by Gasteiger charge is 2.23. The van der Waals surface area contributed by atoms with Crippen LogP contribution in [0.25, 0.3) is 0 Å². The summed E-state index contributed by atoms with van der Waals surface area (Å²) >= 11 is 3.50. The molecule has 2 unspecified atom stereocenters. The molecule has 0 spiro atoms. The van der Waals surface area contributed by atoms with E-state index in [1.165, 1.54) is 11.1 Å². The van der Waals surface area contributed by atoms with Crippen molar-refractivity contribution in [3.63, 3.8) is 0 Å². The fourth-order valence-corrected chi connectivity index (χ4v) is 3.17. The van der Waals surface area contributed by atoms with E-state index in [4.69, 9.17) is 4.74 Å². The molecule has 2 nitrogen and oxygen atoms in total. The van der Waals surface area contributed by atoms with Crippen molar-refractivity contribution in [2.24, 2.45) is 0 Å². The van der Waals surface area contributed by atoms with E-state index in [1.54, 1.807) is 0 Å². The van der Waals surface area contributed by atoms with Crippen molar-refractivity contribution in [3.05, 3.63) is 64.1 Å². The van der Waals surface area contributed by atoms with E-state index < -0.39 is 0 Å². The molecule has 0 saturated heterocycles. The zero-order valence-electron chi connectivity index (χ0n) is 12.2. The molecule has 0 amide bonds. The average Bonchev–Trinajstić information content (AvgIpc) is 2.54. The number of hydrogen-bond donors (Lipinski definition) is 1. The molecule has 0 fully saturated rings. The molecule has 0 radical (unpaired) electrons. The Hall–Kier alpha value is -1.32. The SMILES string of the molecule is CCC(NC1CCOc2ccccc21)c1ccc(Br)cc1. The normalized spacial score (nSPS) is 18.7. The molecule has 3 rings (SSSR count). The monoisotopic (exact) mass is 345 g/mol. The topological polar surface area (TPSA) is 21.3 Å². The maximum absolute atomic E-state index is 5.74. The Morgan fingerprint density at radius 1 is 1.19 bits per heavy atom. The van der Waals surface area contributed by atoms with Gasteiger partial charge in [0.25, 0.3) is 0 Å². The average molecular weight is 346 g/mol. The number of nitrogens with one attached hydrogen (secondary N) is 1. The summed E-state index contributed by atoms with van der Waals surface area (Å²) in [6.45, 7) is 3.01. The molecule has 1 aliphatic heterocycles. The summed E-state index contributed by atoms with van der Waals surface area (Å²) in [5, 5.41) is 3.80. The van der Waals surface area contributed by atoms with Crippen LogP contribution in [-0.4, -0.2) is 6.61 Å². The summed E-state index contributed by atoms with van der Waals surface area (Å²) < 4.78 is 6.87. The van der Waals surface area contributed by atoms with Crippen molar-refractivity contribution in [1.82, 2.24) is 5.32 Å². The van der Waals surface area contributed by atoms with E-state index in [0.29, 0.717) is 12.1 Å². The lowest BCUT2D eigenvalue weighted by molar-refractivity contribution is 0.243. The molecular formula is C18H20BrNO. The molecule has 0 bridgehead atoms. The van der Waals surface area contributed by atoms with Gasteiger partial charge in [-0.25, -0.2) is 0 Å². The third kappa shape index (κ3) is 3.30. The number of hydrogen-bond acceptors (Lipinski definition) is 2. The molecule has 2 aromatic carbocycles. The van der Waals surface area contributed by atoms with Gasteiger partial charge in [0.05, 0.1) is 6.61 Å². The summed E-state index contributed by atoms with van der Waals surface area (Å²) in [4.78, 5) is 0. The van der Waals surface area contributed by atoms with Crippen LogP contribution >= 0.6 is 15.9 Å². The van der Waals surface area contributed by atoms with Gasteiger partial charge in [-0.05, 0) is 30.2 Å². The lowest BCUT2D eigenvalue weighted by atomic mass is 9.97. The van der Waals surface area contributed by atoms with Gasteiger partial charge in [-0.15, -0.1) is 0 Å². The highest BCUT2D eigenvalue weighted by atomic mass is 79.9. The Balaban J connectivity index is 1.80. The predicted molar refractivity (Wildman–Crippen MR) is 89.6 cm³/mol. The second kappa shape index (κ2) is 6.63. The Kier molecular flexibility index (Phi) is 4.61. The number of ether oxygens (including phenoxy) is 1. The Morgan fingerprint density at radius 3 is 2.71 bits per heavy atom. The van der Waals surface area contributed by atoms with E-state index in [1.807, 2.05) is 6.07 Å². The minimum Gasteiger partial charge on any atom is -0.493 e. The lowest BCUT2D eigenvalue weighted by Gasteiger charge is -2.30.